The monoisotopic (exact) mass is 326 g/mol. The highest BCUT2D eigenvalue weighted by atomic mass is 35.5. The van der Waals surface area contributed by atoms with E-state index in [1.807, 2.05) is 24.3 Å². The van der Waals surface area contributed by atoms with Crippen LogP contribution in [0.2, 0.25) is 5.02 Å². The molecule has 0 bridgehead atoms. The number of carbonyl (C=O) groups is 1. The molecular formula is C16H23ClN2OS. The van der Waals surface area contributed by atoms with E-state index in [1.54, 1.807) is 11.8 Å². The summed E-state index contributed by atoms with van der Waals surface area (Å²) < 4.78 is 0. The molecule has 0 saturated carbocycles. The molecule has 21 heavy (non-hydrogen) atoms. The number of hydrogen-bond donors (Lipinski definition) is 1. The minimum atomic E-state index is 0.253. The summed E-state index contributed by atoms with van der Waals surface area (Å²) in [6, 6.07) is 8.07. The summed E-state index contributed by atoms with van der Waals surface area (Å²) in [5.41, 5.74) is 0. The topological polar surface area (TPSA) is 32.3 Å². The van der Waals surface area contributed by atoms with Gasteiger partial charge in [-0.25, -0.2) is 0 Å². The minimum Gasteiger partial charge on any atom is -0.339 e. The van der Waals surface area contributed by atoms with Crippen LogP contribution in [0.3, 0.4) is 0 Å². The van der Waals surface area contributed by atoms with Crippen LogP contribution in [-0.4, -0.2) is 42.2 Å². The lowest BCUT2D eigenvalue weighted by molar-refractivity contribution is -0.131. The van der Waals surface area contributed by atoms with Gasteiger partial charge in [-0.1, -0.05) is 18.5 Å². The standard InChI is InChI=1S/C16H23ClN2OS/c1-2-11-19(14-7-9-18-10-8-14)16(20)12-21-15-5-3-13(17)4-6-15/h3-6,14,18H,2,7-12H2,1H3. The van der Waals surface area contributed by atoms with E-state index in [9.17, 15) is 4.79 Å². The first-order chi connectivity index (χ1) is 10.2. The quantitative estimate of drug-likeness (QED) is 0.813. The van der Waals surface area contributed by atoms with E-state index in [1.165, 1.54) is 0 Å². The number of carbonyl (C=O) groups excluding carboxylic acids is 1. The van der Waals surface area contributed by atoms with Gasteiger partial charge >= 0.3 is 0 Å². The van der Waals surface area contributed by atoms with Crippen molar-refractivity contribution in [3.8, 4) is 0 Å². The van der Waals surface area contributed by atoms with Gasteiger partial charge < -0.3 is 10.2 Å². The Bertz CT molecular complexity index is 446. The zero-order valence-electron chi connectivity index (χ0n) is 12.5. The third-order valence-corrected chi connectivity index (χ3v) is 4.96. The summed E-state index contributed by atoms with van der Waals surface area (Å²) >= 11 is 7.47. The largest absolute Gasteiger partial charge is 0.339 e. The van der Waals surface area contributed by atoms with Crippen molar-refractivity contribution in [1.82, 2.24) is 10.2 Å². The van der Waals surface area contributed by atoms with Crippen LogP contribution in [-0.2, 0) is 4.79 Å². The van der Waals surface area contributed by atoms with Crippen LogP contribution in [0.5, 0.6) is 0 Å². The average Bonchev–Trinajstić information content (AvgIpc) is 2.52. The molecule has 1 amide bonds. The van der Waals surface area contributed by atoms with Crippen molar-refractivity contribution in [3.63, 3.8) is 0 Å². The first-order valence-corrected chi connectivity index (χ1v) is 8.95. The van der Waals surface area contributed by atoms with Crippen molar-refractivity contribution in [2.24, 2.45) is 0 Å². The van der Waals surface area contributed by atoms with Crippen molar-refractivity contribution in [2.45, 2.75) is 37.1 Å². The van der Waals surface area contributed by atoms with Crippen molar-refractivity contribution in [1.29, 1.82) is 0 Å². The van der Waals surface area contributed by atoms with E-state index < -0.39 is 0 Å². The Morgan fingerprint density at radius 1 is 1.33 bits per heavy atom. The first kappa shape index (κ1) is 16.7. The second-order valence-electron chi connectivity index (χ2n) is 5.31. The van der Waals surface area contributed by atoms with Gasteiger partial charge in [0.1, 0.15) is 0 Å². The lowest BCUT2D eigenvalue weighted by Crippen LogP contribution is -2.47. The number of nitrogens with zero attached hydrogens (tertiary/aromatic N) is 1. The van der Waals surface area contributed by atoms with Gasteiger partial charge in [-0.15, -0.1) is 11.8 Å². The van der Waals surface area contributed by atoms with Gasteiger partial charge in [0.2, 0.25) is 5.91 Å². The summed E-state index contributed by atoms with van der Waals surface area (Å²) in [5.74, 6) is 0.759. The van der Waals surface area contributed by atoms with Gasteiger partial charge in [-0.05, 0) is 56.6 Å². The number of benzene rings is 1. The average molecular weight is 327 g/mol. The predicted molar refractivity (Wildman–Crippen MR) is 90.1 cm³/mol. The summed E-state index contributed by atoms with van der Waals surface area (Å²) in [5, 5.41) is 4.09. The molecule has 1 heterocycles. The fraction of sp³-hybridized carbons (Fsp3) is 0.562. The third-order valence-electron chi connectivity index (χ3n) is 3.71. The molecule has 1 aliphatic heterocycles. The number of nitrogens with one attached hydrogen (secondary N) is 1. The zero-order valence-corrected chi connectivity index (χ0v) is 14.1. The molecule has 1 aromatic carbocycles. The smallest absolute Gasteiger partial charge is 0.233 e. The van der Waals surface area contributed by atoms with Crippen LogP contribution >= 0.6 is 23.4 Å². The Morgan fingerprint density at radius 3 is 2.62 bits per heavy atom. The summed E-state index contributed by atoms with van der Waals surface area (Å²) in [7, 11) is 0. The van der Waals surface area contributed by atoms with Crippen molar-refractivity contribution < 1.29 is 4.79 Å². The SMILES string of the molecule is CCCN(C(=O)CSc1ccc(Cl)cc1)C1CCNCC1. The highest BCUT2D eigenvalue weighted by molar-refractivity contribution is 8.00. The van der Waals surface area contributed by atoms with Gasteiger partial charge in [-0.2, -0.15) is 0 Å². The van der Waals surface area contributed by atoms with Crippen molar-refractivity contribution in [3.05, 3.63) is 29.3 Å². The van der Waals surface area contributed by atoms with Gasteiger partial charge in [-0.3, -0.25) is 4.79 Å². The molecule has 1 N–H and O–H groups in total. The maximum atomic E-state index is 12.5. The van der Waals surface area contributed by atoms with E-state index in [2.05, 4.69) is 17.1 Å². The highest BCUT2D eigenvalue weighted by Crippen LogP contribution is 2.22. The molecule has 0 spiro atoms. The predicted octanol–water partition coefficient (Wildman–Crippen LogP) is 3.42. The normalized spacial score (nSPS) is 15.9. The molecule has 3 nitrogen and oxygen atoms in total. The van der Waals surface area contributed by atoms with Crippen LogP contribution < -0.4 is 5.32 Å². The van der Waals surface area contributed by atoms with Crippen LogP contribution in [0.1, 0.15) is 26.2 Å². The molecule has 2 rings (SSSR count). The Labute approximate surface area is 136 Å². The maximum absolute atomic E-state index is 12.5. The number of hydrogen-bond acceptors (Lipinski definition) is 3. The van der Waals surface area contributed by atoms with Gasteiger partial charge in [0.25, 0.3) is 0 Å². The molecule has 1 saturated heterocycles. The molecule has 116 valence electrons. The minimum absolute atomic E-state index is 0.253. The summed E-state index contributed by atoms with van der Waals surface area (Å²) in [4.78, 5) is 15.7. The number of thioether (sulfide) groups is 1. The zero-order chi connectivity index (χ0) is 15.1. The van der Waals surface area contributed by atoms with Crippen molar-refractivity contribution in [2.75, 3.05) is 25.4 Å². The van der Waals surface area contributed by atoms with Crippen LogP contribution in [0.15, 0.2) is 29.2 Å². The number of halogens is 1. The number of rotatable bonds is 6. The van der Waals surface area contributed by atoms with E-state index >= 15 is 0 Å². The summed E-state index contributed by atoms with van der Waals surface area (Å²) in [6.07, 6.45) is 3.15. The highest BCUT2D eigenvalue weighted by Gasteiger charge is 2.24. The lowest BCUT2D eigenvalue weighted by Gasteiger charge is -2.34. The molecule has 1 aliphatic rings. The Morgan fingerprint density at radius 2 is 2.00 bits per heavy atom. The molecular weight excluding hydrogens is 304 g/mol. The van der Waals surface area contributed by atoms with Gasteiger partial charge in [0.05, 0.1) is 5.75 Å². The van der Waals surface area contributed by atoms with Gasteiger partial charge in [0, 0.05) is 22.5 Å². The van der Waals surface area contributed by atoms with E-state index in [-0.39, 0.29) is 5.91 Å². The molecule has 0 radical (unpaired) electrons. The fourth-order valence-electron chi connectivity index (χ4n) is 2.63. The second-order valence-corrected chi connectivity index (χ2v) is 6.80. The molecule has 0 aromatic heterocycles. The van der Waals surface area contributed by atoms with E-state index in [0.717, 1.165) is 48.8 Å². The lowest BCUT2D eigenvalue weighted by atomic mass is 10.0. The maximum Gasteiger partial charge on any atom is 0.233 e. The summed E-state index contributed by atoms with van der Waals surface area (Å²) in [6.45, 7) is 5.03. The first-order valence-electron chi connectivity index (χ1n) is 7.59. The molecule has 0 unspecified atom stereocenters. The van der Waals surface area contributed by atoms with Crippen molar-refractivity contribution >= 4 is 29.3 Å². The van der Waals surface area contributed by atoms with Crippen LogP contribution in [0.4, 0.5) is 0 Å². The van der Waals surface area contributed by atoms with Crippen LogP contribution in [0, 0.1) is 0 Å². The number of piperidine rings is 1. The third kappa shape index (κ3) is 5.20. The van der Waals surface area contributed by atoms with E-state index in [0.29, 0.717) is 11.8 Å². The fourth-order valence-corrected chi connectivity index (χ4v) is 3.54. The second kappa shape index (κ2) is 8.66. The molecule has 1 fully saturated rings. The molecule has 0 atom stereocenters. The Balaban J connectivity index is 1.89. The number of amides is 1. The molecule has 1 aromatic rings. The molecule has 0 aliphatic carbocycles. The van der Waals surface area contributed by atoms with Crippen LogP contribution in [0.25, 0.3) is 0 Å². The molecule has 5 heteroatoms. The van der Waals surface area contributed by atoms with E-state index in [4.69, 9.17) is 11.6 Å². The Kier molecular flexibility index (Phi) is 6.87. The Hall–Kier alpha value is -0.710. The van der Waals surface area contributed by atoms with Gasteiger partial charge in [0.15, 0.2) is 0 Å².